The Morgan fingerprint density at radius 2 is 2.12 bits per heavy atom. The van der Waals surface area contributed by atoms with Crippen molar-refractivity contribution in [3.05, 3.63) is 57.2 Å². The smallest absolute Gasteiger partial charge is 0.310 e. The molecule has 0 spiro atoms. The number of ether oxygens (including phenoxy) is 1. The Bertz CT molecular complexity index is 699. The van der Waals surface area contributed by atoms with E-state index in [9.17, 15) is 15.2 Å². The van der Waals surface area contributed by atoms with Gasteiger partial charge in [0.1, 0.15) is 11.9 Å². The molecule has 25 heavy (non-hydrogen) atoms. The third-order valence-corrected chi connectivity index (χ3v) is 4.03. The number of para-hydroxylation sites is 2. The second-order valence-corrected chi connectivity index (χ2v) is 6.34. The van der Waals surface area contributed by atoms with Crippen molar-refractivity contribution < 1.29 is 14.8 Å². The van der Waals surface area contributed by atoms with Crippen LogP contribution < -0.4 is 10.1 Å². The predicted octanol–water partition coefficient (Wildman–Crippen LogP) is 3.77. The summed E-state index contributed by atoms with van der Waals surface area (Å²) in [5.41, 5.74) is -0.0941. The van der Waals surface area contributed by atoms with Crippen molar-refractivity contribution in [2.24, 2.45) is 0 Å². The maximum atomic E-state index is 11.0. The van der Waals surface area contributed by atoms with Gasteiger partial charge in [0.05, 0.1) is 11.5 Å². The van der Waals surface area contributed by atoms with E-state index in [1.54, 1.807) is 24.4 Å². The summed E-state index contributed by atoms with van der Waals surface area (Å²) in [5.74, 6) is 0.979. The maximum Gasteiger partial charge on any atom is 0.310 e. The third-order valence-electron chi connectivity index (χ3n) is 3.54. The summed E-state index contributed by atoms with van der Waals surface area (Å²) in [6.45, 7) is 0.555. The Morgan fingerprint density at radius 1 is 1.32 bits per heavy atom. The van der Waals surface area contributed by atoms with Gasteiger partial charge < -0.3 is 15.2 Å². The van der Waals surface area contributed by atoms with Gasteiger partial charge in [0.15, 0.2) is 5.75 Å². The molecule has 0 amide bonds. The lowest BCUT2D eigenvalue weighted by molar-refractivity contribution is -0.386. The molecule has 7 nitrogen and oxygen atoms in total. The van der Waals surface area contributed by atoms with Crippen LogP contribution in [0.2, 0.25) is 0 Å². The van der Waals surface area contributed by atoms with Crippen LogP contribution in [0.3, 0.4) is 0 Å². The molecular weight excluding hydrogens is 390 g/mol. The van der Waals surface area contributed by atoms with E-state index in [0.29, 0.717) is 6.42 Å². The van der Waals surface area contributed by atoms with Crippen molar-refractivity contribution in [2.45, 2.75) is 25.4 Å². The fourth-order valence-electron chi connectivity index (χ4n) is 2.29. The number of aliphatic hydroxyl groups is 1. The molecule has 2 rings (SSSR count). The van der Waals surface area contributed by atoms with Gasteiger partial charge in [0, 0.05) is 23.3 Å². The second kappa shape index (κ2) is 9.95. The first-order chi connectivity index (χ1) is 12.1. The summed E-state index contributed by atoms with van der Waals surface area (Å²) in [6.07, 6.45) is 3.54. The SMILES string of the molecule is O=[N+]([O-])c1ccccc1OC(CO)CCCCNc1cc(Br)ccn1. The minimum atomic E-state index is -0.487. The third kappa shape index (κ3) is 6.32. The first-order valence-corrected chi connectivity index (χ1v) is 8.76. The van der Waals surface area contributed by atoms with Crippen LogP contribution >= 0.6 is 15.9 Å². The molecule has 0 saturated heterocycles. The highest BCUT2D eigenvalue weighted by atomic mass is 79.9. The van der Waals surface area contributed by atoms with E-state index in [-0.39, 0.29) is 18.0 Å². The van der Waals surface area contributed by atoms with E-state index in [4.69, 9.17) is 4.74 Å². The number of benzene rings is 1. The minimum Gasteiger partial charge on any atom is -0.481 e. The number of nitrogens with one attached hydrogen (secondary N) is 1. The Kier molecular flexibility index (Phi) is 7.62. The molecule has 1 heterocycles. The zero-order valence-corrected chi connectivity index (χ0v) is 15.2. The fraction of sp³-hybridized carbons (Fsp3) is 0.353. The van der Waals surface area contributed by atoms with Crippen LogP contribution in [-0.4, -0.2) is 34.3 Å². The highest BCUT2D eigenvalue weighted by molar-refractivity contribution is 9.10. The number of aromatic nitrogens is 1. The van der Waals surface area contributed by atoms with Gasteiger partial charge in [-0.1, -0.05) is 28.1 Å². The fourth-order valence-corrected chi connectivity index (χ4v) is 2.62. The van der Waals surface area contributed by atoms with Crippen molar-refractivity contribution in [1.82, 2.24) is 4.98 Å². The molecule has 2 aromatic rings. The van der Waals surface area contributed by atoms with Crippen LogP contribution in [-0.2, 0) is 0 Å². The second-order valence-electron chi connectivity index (χ2n) is 5.43. The lowest BCUT2D eigenvalue weighted by Crippen LogP contribution is -2.21. The molecule has 0 saturated carbocycles. The summed E-state index contributed by atoms with van der Waals surface area (Å²) in [6, 6.07) is 9.94. The van der Waals surface area contributed by atoms with Crippen molar-refractivity contribution in [3.63, 3.8) is 0 Å². The highest BCUT2D eigenvalue weighted by Crippen LogP contribution is 2.27. The average Bonchev–Trinajstić information content (AvgIpc) is 2.60. The van der Waals surface area contributed by atoms with E-state index in [1.807, 2.05) is 12.1 Å². The molecule has 2 N–H and O–H groups in total. The molecule has 0 aliphatic heterocycles. The van der Waals surface area contributed by atoms with Gasteiger partial charge in [-0.05, 0) is 37.5 Å². The van der Waals surface area contributed by atoms with Gasteiger partial charge in [0.2, 0.25) is 0 Å². The number of aliphatic hydroxyl groups excluding tert-OH is 1. The van der Waals surface area contributed by atoms with Crippen molar-refractivity contribution in [1.29, 1.82) is 0 Å². The van der Waals surface area contributed by atoms with Crippen molar-refractivity contribution in [3.8, 4) is 5.75 Å². The van der Waals surface area contributed by atoms with Gasteiger partial charge in [-0.15, -0.1) is 0 Å². The van der Waals surface area contributed by atoms with Gasteiger partial charge in [0.25, 0.3) is 0 Å². The van der Waals surface area contributed by atoms with E-state index >= 15 is 0 Å². The Morgan fingerprint density at radius 3 is 2.84 bits per heavy atom. The summed E-state index contributed by atoms with van der Waals surface area (Å²) < 4.78 is 6.57. The number of rotatable bonds is 10. The first-order valence-electron chi connectivity index (χ1n) is 7.96. The zero-order chi connectivity index (χ0) is 18.1. The quantitative estimate of drug-likeness (QED) is 0.352. The average molecular weight is 410 g/mol. The van der Waals surface area contributed by atoms with E-state index in [0.717, 1.165) is 29.7 Å². The number of nitro groups is 1. The molecule has 0 aliphatic rings. The molecule has 1 aromatic carbocycles. The number of nitro benzene ring substituents is 1. The van der Waals surface area contributed by atoms with Crippen LogP contribution in [0, 0.1) is 10.1 Å². The predicted molar refractivity (Wildman–Crippen MR) is 98.9 cm³/mol. The summed E-state index contributed by atoms with van der Waals surface area (Å²) in [7, 11) is 0. The zero-order valence-electron chi connectivity index (χ0n) is 13.6. The van der Waals surface area contributed by atoms with Crippen molar-refractivity contribution in [2.75, 3.05) is 18.5 Å². The molecule has 8 heteroatoms. The lowest BCUT2D eigenvalue weighted by Gasteiger charge is -2.16. The number of hydrogen-bond acceptors (Lipinski definition) is 6. The lowest BCUT2D eigenvalue weighted by atomic mass is 10.1. The van der Waals surface area contributed by atoms with Crippen molar-refractivity contribution >= 4 is 27.4 Å². The normalized spacial score (nSPS) is 11.8. The number of pyridine rings is 1. The molecule has 0 aliphatic carbocycles. The van der Waals surface area contributed by atoms with Gasteiger partial charge in [-0.3, -0.25) is 10.1 Å². The van der Waals surface area contributed by atoms with Gasteiger partial charge in [-0.2, -0.15) is 0 Å². The van der Waals surface area contributed by atoms with Crippen LogP contribution in [0.15, 0.2) is 47.1 Å². The Labute approximate surface area is 154 Å². The van der Waals surface area contributed by atoms with Crippen LogP contribution in [0.5, 0.6) is 5.75 Å². The minimum absolute atomic E-state index is 0.0941. The Hall–Kier alpha value is -2.19. The summed E-state index contributed by atoms with van der Waals surface area (Å²) >= 11 is 3.39. The largest absolute Gasteiger partial charge is 0.481 e. The highest BCUT2D eigenvalue weighted by Gasteiger charge is 2.17. The molecule has 0 fully saturated rings. The van der Waals surface area contributed by atoms with E-state index in [2.05, 4.69) is 26.2 Å². The number of nitrogens with zero attached hydrogens (tertiary/aromatic N) is 2. The van der Waals surface area contributed by atoms with E-state index in [1.165, 1.54) is 6.07 Å². The molecule has 1 atom stereocenters. The number of halogens is 1. The molecule has 1 aromatic heterocycles. The maximum absolute atomic E-state index is 11.0. The van der Waals surface area contributed by atoms with Gasteiger partial charge in [-0.25, -0.2) is 4.98 Å². The monoisotopic (exact) mass is 409 g/mol. The van der Waals surface area contributed by atoms with Gasteiger partial charge >= 0.3 is 5.69 Å². The van der Waals surface area contributed by atoms with Crippen LogP contribution in [0.1, 0.15) is 19.3 Å². The van der Waals surface area contributed by atoms with Crippen LogP contribution in [0.4, 0.5) is 11.5 Å². The summed E-state index contributed by atoms with van der Waals surface area (Å²) in [5, 5.41) is 23.7. The van der Waals surface area contributed by atoms with E-state index < -0.39 is 11.0 Å². The Balaban J connectivity index is 1.76. The number of anilines is 1. The molecule has 0 radical (unpaired) electrons. The standard InChI is InChI=1S/C17H20BrN3O4/c18-13-8-10-20-17(11-13)19-9-4-3-5-14(12-22)25-16-7-2-1-6-15(16)21(23)24/h1-2,6-8,10-11,14,22H,3-5,9,12H2,(H,19,20). The molecule has 134 valence electrons. The van der Waals surface area contributed by atoms with Crippen LogP contribution in [0.25, 0.3) is 0 Å². The summed E-state index contributed by atoms with van der Waals surface area (Å²) in [4.78, 5) is 14.7. The first kappa shape index (κ1) is 19.1. The molecule has 0 bridgehead atoms. The topological polar surface area (TPSA) is 97.5 Å². The molecular formula is C17H20BrN3O4. The number of hydrogen-bond donors (Lipinski definition) is 2. The number of unbranched alkanes of at least 4 members (excludes halogenated alkanes) is 1. The molecule has 1 unspecified atom stereocenters.